The molecule has 0 bridgehead atoms. The molecule has 0 unspecified atom stereocenters. The quantitative estimate of drug-likeness (QED) is 0.678. The van der Waals surface area contributed by atoms with Crippen LogP contribution in [0.3, 0.4) is 0 Å². The van der Waals surface area contributed by atoms with Crippen molar-refractivity contribution in [2.75, 3.05) is 24.2 Å². The number of nitrogens with one attached hydrogen (secondary N) is 1. The van der Waals surface area contributed by atoms with Gasteiger partial charge in [0.15, 0.2) is 0 Å². The van der Waals surface area contributed by atoms with Gasteiger partial charge in [0, 0.05) is 48.4 Å². The maximum absolute atomic E-state index is 13.2. The first kappa shape index (κ1) is 23.6. The predicted octanol–water partition coefficient (Wildman–Crippen LogP) is 3.54. The first-order valence-electron chi connectivity index (χ1n) is 10.6. The Morgan fingerprint density at radius 1 is 1.29 bits per heavy atom. The minimum atomic E-state index is -3.64. The van der Waals surface area contributed by atoms with Gasteiger partial charge in [-0.15, -0.1) is 0 Å². The van der Waals surface area contributed by atoms with Gasteiger partial charge in [0.2, 0.25) is 10.0 Å². The van der Waals surface area contributed by atoms with E-state index in [0.29, 0.717) is 30.9 Å². The molecule has 1 aromatic heterocycles. The first-order chi connectivity index (χ1) is 14.6. The van der Waals surface area contributed by atoms with Gasteiger partial charge in [-0.05, 0) is 44.9 Å². The average Bonchev–Trinajstić information content (AvgIpc) is 3.05. The minimum Gasteiger partial charge on any atom is -0.380 e. The molecule has 2 heterocycles. The van der Waals surface area contributed by atoms with Gasteiger partial charge in [-0.2, -0.15) is 26.4 Å². The molecule has 0 aliphatic carbocycles. The van der Waals surface area contributed by atoms with Crippen LogP contribution in [0.5, 0.6) is 0 Å². The van der Waals surface area contributed by atoms with Gasteiger partial charge in [0.05, 0.1) is 21.8 Å². The van der Waals surface area contributed by atoms with E-state index >= 15 is 0 Å². The average molecular weight is 462 g/mol. The second kappa shape index (κ2) is 9.23. The largest absolute Gasteiger partial charge is 0.380 e. The number of hydrogen-bond donors (Lipinski definition) is 1. The standard InChI is InChI=1S/C22H31N5O2S2/c1-6-19-18(21(7-2)26(5)25-19)14-24-20-9-8-17(12-16(20)13-23)31(28,29)27-10-11-30-22(3,4)15-27/h8-9,12,24H,6-7,10-11,14-15H2,1-5H3. The van der Waals surface area contributed by atoms with Crippen molar-refractivity contribution in [2.45, 2.75) is 56.7 Å². The molecule has 0 radical (unpaired) electrons. The molecule has 3 rings (SSSR count). The molecule has 0 atom stereocenters. The molecule has 1 N–H and O–H groups in total. The van der Waals surface area contributed by atoms with E-state index in [1.807, 2.05) is 11.7 Å². The summed E-state index contributed by atoms with van der Waals surface area (Å²) in [6.07, 6.45) is 1.70. The molecule has 0 amide bonds. The first-order valence-corrected chi connectivity index (χ1v) is 13.0. The van der Waals surface area contributed by atoms with Gasteiger partial charge < -0.3 is 5.32 Å². The SMILES string of the molecule is CCc1nn(C)c(CC)c1CNc1ccc(S(=O)(=O)N2CCSC(C)(C)C2)cc1C#N. The highest BCUT2D eigenvalue weighted by Gasteiger charge is 2.34. The Labute approximate surface area is 189 Å². The third-order valence-corrected chi connectivity index (χ3v) is 8.76. The minimum absolute atomic E-state index is 0.122. The third-order valence-electron chi connectivity index (χ3n) is 5.62. The van der Waals surface area contributed by atoms with Gasteiger partial charge >= 0.3 is 0 Å². The summed E-state index contributed by atoms with van der Waals surface area (Å²) in [5.41, 5.74) is 4.29. The lowest BCUT2D eigenvalue weighted by molar-refractivity contribution is 0.387. The molecule has 7 nitrogen and oxygen atoms in total. The normalized spacial score (nSPS) is 16.8. The van der Waals surface area contributed by atoms with Crippen LogP contribution in [0.1, 0.15) is 50.2 Å². The fraction of sp³-hybridized carbons (Fsp3) is 0.545. The molecule has 1 saturated heterocycles. The van der Waals surface area contributed by atoms with Crippen LogP contribution in [0, 0.1) is 11.3 Å². The Kier molecular flexibility index (Phi) is 7.04. The zero-order chi connectivity index (χ0) is 22.8. The summed E-state index contributed by atoms with van der Waals surface area (Å²) in [4.78, 5) is 0.169. The van der Waals surface area contributed by atoms with Crippen LogP contribution in [-0.2, 0) is 36.5 Å². The molecule has 1 fully saturated rings. The van der Waals surface area contributed by atoms with Crippen LogP contribution in [-0.4, -0.2) is 46.1 Å². The van der Waals surface area contributed by atoms with Crippen molar-refractivity contribution in [2.24, 2.45) is 7.05 Å². The molecule has 1 aliphatic rings. The van der Waals surface area contributed by atoms with Gasteiger partial charge in [-0.3, -0.25) is 4.68 Å². The van der Waals surface area contributed by atoms with Crippen LogP contribution >= 0.6 is 11.8 Å². The number of hydrogen-bond acceptors (Lipinski definition) is 6. The van der Waals surface area contributed by atoms with Crippen molar-refractivity contribution < 1.29 is 8.42 Å². The van der Waals surface area contributed by atoms with E-state index in [1.54, 1.807) is 23.9 Å². The molecule has 31 heavy (non-hydrogen) atoms. The lowest BCUT2D eigenvalue weighted by atomic mass is 10.1. The molecule has 9 heteroatoms. The highest BCUT2D eigenvalue weighted by Crippen LogP contribution is 2.33. The number of benzene rings is 1. The fourth-order valence-corrected chi connectivity index (χ4v) is 6.97. The summed E-state index contributed by atoms with van der Waals surface area (Å²) in [6.45, 7) is 9.77. The number of nitriles is 1. The molecule has 1 aliphatic heterocycles. The van der Waals surface area contributed by atoms with E-state index in [9.17, 15) is 13.7 Å². The van der Waals surface area contributed by atoms with Crippen molar-refractivity contribution in [1.29, 1.82) is 5.26 Å². The Morgan fingerprint density at radius 2 is 2.03 bits per heavy atom. The fourth-order valence-electron chi connectivity index (χ4n) is 4.04. The van der Waals surface area contributed by atoms with E-state index in [2.05, 4.69) is 44.2 Å². The van der Waals surface area contributed by atoms with E-state index in [-0.39, 0.29) is 9.64 Å². The summed E-state index contributed by atoms with van der Waals surface area (Å²) in [5.74, 6) is 0.765. The third kappa shape index (κ3) is 4.92. The smallest absolute Gasteiger partial charge is 0.243 e. The number of sulfonamides is 1. The van der Waals surface area contributed by atoms with Crippen LogP contribution in [0.25, 0.3) is 0 Å². The van der Waals surface area contributed by atoms with Gasteiger partial charge in [0.25, 0.3) is 0 Å². The second-order valence-corrected chi connectivity index (χ2v) is 12.1. The van der Waals surface area contributed by atoms with Gasteiger partial charge in [-0.1, -0.05) is 13.8 Å². The van der Waals surface area contributed by atoms with Crippen LogP contribution in [0.15, 0.2) is 23.1 Å². The monoisotopic (exact) mass is 461 g/mol. The molecule has 2 aromatic rings. The highest BCUT2D eigenvalue weighted by atomic mass is 32.2. The summed E-state index contributed by atoms with van der Waals surface area (Å²) in [6, 6.07) is 6.93. The van der Waals surface area contributed by atoms with Crippen molar-refractivity contribution in [3.05, 3.63) is 40.7 Å². The van der Waals surface area contributed by atoms with Gasteiger partial charge in [0.1, 0.15) is 6.07 Å². The van der Waals surface area contributed by atoms with E-state index in [4.69, 9.17) is 0 Å². The van der Waals surface area contributed by atoms with Crippen molar-refractivity contribution in [3.8, 4) is 6.07 Å². The number of aromatic nitrogens is 2. The maximum atomic E-state index is 13.2. The summed E-state index contributed by atoms with van der Waals surface area (Å²) >= 11 is 1.78. The summed E-state index contributed by atoms with van der Waals surface area (Å²) in [5, 5.41) is 17.6. The van der Waals surface area contributed by atoms with Crippen molar-refractivity contribution in [1.82, 2.24) is 14.1 Å². The summed E-state index contributed by atoms with van der Waals surface area (Å²) in [7, 11) is -1.69. The van der Waals surface area contributed by atoms with Crippen LogP contribution in [0.4, 0.5) is 5.69 Å². The Bertz CT molecular complexity index is 1100. The molecule has 0 spiro atoms. The van der Waals surface area contributed by atoms with Gasteiger partial charge in [-0.25, -0.2) is 8.42 Å². The zero-order valence-corrected chi connectivity index (χ0v) is 20.5. The van der Waals surface area contributed by atoms with Crippen LogP contribution in [0.2, 0.25) is 0 Å². The lowest BCUT2D eigenvalue weighted by Gasteiger charge is -2.36. The number of nitrogens with zero attached hydrogens (tertiary/aromatic N) is 4. The maximum Gasteiger partial charge on any atom is 0.243 e. The van der Waals surface area contributed by atoms with E-state index < -0.39 is 10.0 Å². The van der Waals surface area contributed by atoms with E-state index in [0.717, 1.165) is 35.5 Å². The number of anilines is 1. The topological polar surface area (TPSA) is 91.0 Å². The Hall–Kier alpha value is -2.02. The van der Waals surface area contributed by atoms with Crippen LogP contribution < -0.4 is 5.32 Å². The van der Waals surface area contributed by atoms with E-state index in [1.165, 1.54) is 10.4 Å². The molecule has 1 aromatic carbocycles. The van der Waals surface area contributed by atoms with Crippen molar-refractivity contribution in [3.63, 3.8) is 0 Å². The molecular weight excluding hydrogens is 430 g/mol. The van der Waals surface area contributed by atoms with Crippen molar-refractivity contribution >= 4 is 27.5 Å². The second-order valence-electron chi connectivity index (χ2n) is 8.32. The lowest BCUT2D eigenvalue weighted by Crippen LogP contribution is -2.46. The molecular formula is C22H31N5O2S2. The zero-order valence-electron chi connectivity index (χ0n) is 18.9. The number of rotatable bonds is 7. The number of aryl methyl sites for hydroxylation is 2. The molecule has 168 valence electrons. The number of thioether (sulfide) groups is 1. The predicted molar refractivity (Wildman–Crippen MR) is 126 cm³/mol. The molecule has 0 saturated carbocycles. The Balaban J connectivity index is 1.85. The Morgan fingerprint density at radius 3 is 2.65 bits per heavy atom. The highest BCUT2D eigenvalue weighted by molar-refractivity contribution is 8.00. The summed E-state index contributed by atoms with van der Waals surface area (Å²) < 4.78 is 29.7.